The average Bonchev–Trinajstić information content (AvgIpc) is 3.04. The van der Waals surface area contributed by atoms with E-state index in [0.29, 0.717) is 24.3 Å². The molecule has 0 aliphatic carbocycles. The summed E-state index contributed by atoms with van der Waals surface area (Å²) < 4.78 is 40.7. The van der Waals surface area contributed by atoms with Crippen LogP contribution in [0.1, 0.15) is 48.0 Å². The summed E-state index contributed by atoms with van der Waals surface area (Å²) in [6.45, 7) is 12.1. The van der Waals surface area contributed by atoms with Crippen LogP contribution >= 0.6 is 0 Å². The summed E-state index contributed by atoms with van der Waals surface area (Å²) >= 11 is 0. The fourth-order valence-electron chi connectivity index (χ4n) is 4.68. The van der Waals surface area contributed by atoms with Crippen molar-refractivity contribution in [3.05, 3.63) is 57.0 Å². The van der Waals surface area contributed by atoms with Crippen molar-refractivity contribution in [1.29, 1.82) is 0 Å². The number of nitrogens with zero attached hydrogens (tertiary/aromatic N) is 3. The molecular weight excluding hydrogens is 474 g/mol. The molecule has 0 amide bonds. The number of imidazole rings is 1. The first kappa shape index (κ1) is 26.3. The first-order valence-corrected chi connectivity index (χ1v) is 12.6. The van der Waals surface area contributed by atoms with Crippen LogP contribution in [0, 0.1) is 15.5 Å². The van der Waals surface area contributed by atoms with Gasteiger partial charge < -0.3 is 9.47 Å². The van der Waals surface area contributed by atoms with Crippen LogP contribution in [0.25, 0.3) is 11.0 Å². The predicted molar refractivity (Wildman–Crippen MR) is 133 cm³/mol. The molecule has 0 aliphatic heterocycles. The zero-order valence-corrected chi connectivity index (χ0v) is 21.8. The van der Waals surface area contributed by atoms with Gasteiger partial charge in [0.25, 0.3) is 15.7 Å². The molecule has 3 rings (SSSR count). The Kier molecular flexibility index (Phi) is 6.78. The van der Waals surface area contributed by atoms with Crippen LogP contribution in [0.15, 0.2) is 46.1 Å². The van der Waals surface area contributed by atoms with E-state index in [1.807, 2.05) is 41.5 Å². The minimum absolute atomic E-state index is 0.157. The molecule has 35 heavy (non-hydrogen) atoms. The van der Waals surface area contributed by atoms with Gasteiger partial charge >= 0.3 is 5.69 Å². The maximum Gasteiger partial charge on any atom is 0.343 e. The van der Waals surface area contributed by atoms with E-state index in [0.717, 1.165) is 22.2 Å². The number of rotatable bonds is 8. The van der Waals surface area contributed by atoms with Crippen molar-refractivity contribution >= 4 is 26.7 Å². The summed E-state index contributed by atoms with van der Waals surface area (Å²) in [5, 5.41) is 11.2. The third-order valence-corrected chi connectivity index (χ3v) is 7.25. The highest BCUT2D eigenvalue weighted by atomic mass is 32.2. The average molecular weight is 506 g/mol. The van der Waals surface area contributed by atoms with Crippen molar-refractivity contribution < 1.29 is 22.8 Å². The maximum absolute atomic E-state index is 13.8. The van der Waals surface area contributed by atoms with Gasteiger partial charge in [0.2, 0.25) is 0 Å². The molecule has 3 aromatic rings. The van der Waals surface area contributed by atoms with Crippen LogP contribution in [-0.2, 0) is 15.6 Å². The number of hydrogen-bond donors (Lipinski definition) is 0. The van der Waals surface area contributed by atoms with E-state index in [2.05, 4.69) is 0 Å². The number of hydrogen-bond acceptors (Lipinski definition) is 7. The maximum atomic E-state index is 13.8. The molecule has 0 spiro atoms. The van der Waals surface area contributed by atoms with E-state index >= 15 is 0 Å². The zero-order chi connectivity index (χ0) is 26.3. The number of benzene rings is 2. The number of aromatic nitrogens is 2. The van der Waals surface area contributed by atoms with Crippen LogP contribution in [0.3, 0.4) is 0 Å². The summed E-state index contributed by atoms with van der Waals surface area (Å²) in [6, 6.07) is 7.96. The second-order valence-electron chi connectivity index (χ2n) is 10.1. The molecule has 190 valence electrons. The Morgan fingerprint density at radius 2 is 1.69 bits per heavy atom. The largest absolute Gasteiger partial charge is 0.495 e. The highest BCUT2D eigenvalue weighted by Gasteiger charge is 2.35. The summed E-state index contributed by atoms with van der Waals surface area (Å²) in [4.78, 5) is 24.0. The van der Waals surface area contributed by atoms with Gasteiger partial charge in [0.15, 0.2) is 0 Å². The zero-order valence-electron chi connectivity index (χ0n) is 21.0. The third-order valence-electron chi connectivity index (χ3n) is 5.53. The van der Waals surface area contributed by atoms with Gasteiger partial charge in [-0.3, -0.25) is 14.7 Å². The minimum atomic E-state index is -4.49. The predicted octanol–water partition coefficient (Wildman–Crippen LogP) is 4.53. The fraction of sp³-hybridized carbons (Fsp3) is 0.458. The Balaban J connectivity index is 2.39. The van der Waals surface area contributed by atoms with Gasteiger partial charge in [-0.2, -0.15) is 3.97 Å². The smallest absolute Gasteiger partial charge is 0.343 e. The van der Waals surface area contributed by atoms with Crippen molar-refractivity contribution in [1.82, 2.24) is 8.54 Å². The molecule has 0 saturated heterocycles. The van der Waals surface area contributed by atoms with Crippen LogP contribution in [0.4, 0.5) is 5.69 Å². The van der Waals surface area contributed by atoms with Crippen molar-refractivity contribution in [3.63, 3.8) is 0 Å². The number of methoxy groups -OCH3 is 1. The lowest BCUT2D eigenvalue weighted by Gasteiger charge is -2.33. The summed E-state index contributed by atoms with van der Waals surface area (Å²) in [5.41, 5.74) is -1.42. The second-order valence-corrected chi connectivity index (χ2v) is 11.9. The molecule has 0 saturated carbocycles. The number of ether oxygens (including phenoxy) is 2. The number of fused-ring (bicyclic) bond motifs is 1. The molecule has 0 fully saturated rings. The van der Waals surface area contributed by atoms with Gasteiger partial charge in [0, 0.05) is 17.7 Å². The normalized spacial score (nSPS) is 12.7. The molecule has 0 atom stereocenters. The minimum Gasteiger partial charge on any atom is -0.495 e. The molecule has 2 aromatic carbocycles. The molecular formula is C24H31N3O7S. The lowest BCUT2D eigenvalue weighted by Crippen LogP contribution is -2.40. The molecule has 0 N–H and O–H groups in total. The Morgan fingerprint density at radius 3 is 2.23 bits per heavy atom. The number of nitro benzene ring substituents is 1. The lowest BCUT2D eigenvalue weighted by molar-refractivity contribution is -0.385. The Bertz CT molecular complexity index is 1440. The summed E-state index contributed by atoms with van der Waals surface area (Å²) in [5.74, 6) is 0.273. The highest BCUT2D eigenvalue weighted by molar-refractivity contribution is 7.90. The van der Waals surface area contributed by atoms with E-state index in [1.54, 1.807) is 12.1 Å². The SMILES string of the molecule is CCOc1ccc2c(c1)n(C(C)(C)CC(C)(C)C)c(=O)n2S(=O)(=O)c1ccc([N+](=O)[O-])cc1OC. The Labute approximate surface area is 204 Å². The van der Waals surface area contributed by atoms with E-state index in [4.69, 9.17) is 9.47 Å². The van der Waals surface area contributed by atoms with Gasteiger partial charge in [-0.1, -0.05) is 20.8 Å². The van der Waals surface area contributed by atoms with Crippen molar-refractivity contribution in [2.45, 2.75) is 58.4 Å². The highest BCUT2D eigenvalue weighted by Crippen LogP contribution is 2.36. The van der Waals surface area contributed by atoms with Crippen molar-refractivity contribution in [2.75, 3.05) is 13.7 Å². The molecule has 0 aliphatic rings. The van der Waals surface area contributed by atoms with Gasteiger partial charge in [-0.25, -0.2) is 13.2 Å². The number of nitro groups is 1. The Hall–Kier alpha value is -3.34. The van der Waals surface area contributed by atoms with Gasteiger partial charge in [0.05, 0.1) is 35.7 Å². The second kappa shape index (κ2) is 9.03. The van der Waals surface area contributed by atoms with E-state index in [1.165, 1.54) is 17.7 Å². The summed E-state index contributed by atoms with van der Waals surface area (Å²) in [7, 11) is -3.28. The third kappa shape index (κ3) is 4.90. The molecule has 1 aromatic heterocycles. The van der Waals surface area contributed by atoms with E-state index < -0.39 is 26.2 Å². The Morgan fingerprint density at radius 1 is 1.03 bits per heavy atom. The molecule has 10 nitrogen and oxygen atoms in total. The number of non-ortho nitro benzene ring substituents is 1. The topological polar surface area (TPSA) is 123 Å². The van der Waals surface area contributed by atoms with Crippen LogP contribution in [0.5, 0.6) is 11.5 Å². The molecule has 11 heteroatoms. The van der Waals surface area contributed by atoms with E-state index in [9.17, 15) is 23.3 Å². The molecule has 0 bridgehead atoms. The van der Waals surface area contributed by atoms with Gasteiger partial charge in [-0.15, -0.1) is 0 Å². The molecule has 0 radical (unpaired) electrons. The fourth-order valence-corrected chi connectivity index (χ4v) is 6.22. The van der Waals surface area contributed by atoms with Gasteiger partial charge in [-0.05, 0) is 50.8 Å². The first-order valence-electron chi connectivity index (χ1n) is 11.1. The van der Waals surface area contributed by atoms with Crippen LogP contribution < -0.4 is 15.2 Å². The first-order chi connectivity index (χ1) is 16.1. The molecule has 1 heterocycles. The lowest BCUT2D eigenvalue weighted by atomic mass is 9.81. The van der Waals surface area contributed by atoms with Crippen molar-refractivity contribution in [3.8, 4) is 11.5 Å². The molecule has 0 unspecified atom stereocenters. The summed E-state index contributed by atoms with van der Waals surface area (Å²) in [6.07, 6.45) is 0.582. The van der Waals surface area contributed by atoms with Crippen LogP contribution in [0.2, 0.25) is 0 Å². The monoisotopic (exact) mass is 505 g/mol. The van der Waals surface area contributed by atoms with Gasteiger partial charge in [0.1, 0.15) is 16.4 Å². The quantitative estimate of drug-likeness (QED) is 0.326. The van der Waals surface area contributed by atoms with Crippen LogP contribution in [-0.4, -0.2) is 35.6 Å². The van der Waals surface area contributed by atoms with Crippen molar-refractivity contribution in [2.24, 2.45) is 5.41 Å². The van der Waals surface area contributed by atoms with E-state index in [-0.39, 0.29) is 27.3 Å². The standard InChI is InChI=1S/C24H31N3O7S/c1-8-34-17-10-11-18-19(14-17)25(24(5,6)15-23(2,3)4)22(28)26(18)35(31,32)21-12-9-16(27(29)30)13-20(21)33-7/h9-14H,8,15H2,1-7H3.